The number of aromatic nitrogens is 2. The molecule has 0 radical (unpaired) electrons. The number of thiophene rings is 1. The minimum absolute atomic E-state index is 0.0817. The second kappa shape index (κ2) is 7.40. The van der Waals surface area contributed by atoms with Gasteiger partial charge in [0.15, 0.2) is 0 Å². The molecule has 0 saturated carbocycles. The molecule has 0 unspecified atom stereocenters. The molecule has 136 valence electrons. The Morgan fingerprint density at radius 3 is 3.08 bits per heavy atom. The van der Waals surface area contributed by atoms with E-state index in [1.807, 2.05) is 25.3 Å². The number of amides is 1. The lowest BCUT2D eigenvalue weighted by atomic mass is 10.0. The van der Waals surface area contributed by atoms with Crippen LogP contribution in [-0.4, -0.2) is 47.5 Å². The van der Waals surface area contributed by atoms with Crippen LogP contribution in [0.25, 0.3) is 10.2 Å². The third-order valence-corrected chi connectivity index (χ3v) is 6.48. The molecular weight excluding hydrogens is 368 g/mol. The molecule has 4 heterocycles. The van der Waals surface area contributed by atoms with Crippen LogP contribution in [-0.2, 0) is 11.3 Å². The van der Waals surface area contributed by atoms with Gasteiger partial charge in [0.1, 0.15) is 9.71 Å². The number of carbonyl (C=O) groups is 1. The first kappa shape index (κ1) is 17.5. The minimum Gasteiger partial charge on any atom is -0.371 e. The molecule has 1 amide bonds. The fourth-order valence-electron chi connectivity index (χ4n) is 3.27. The Balaban J connectivity index is 1.64. The largest absolute Gasteiger partial charge is 0.371 e. The van der Waals surface area contributed by atoms with Gasteiger partial charge in [-0.25, -0.2) is 9.97 Å². The molecule has 0 aromatic carbocycles. The van der Waals surface area contributed by atoms with E-state index in [-0.39, 0.29) is 12.0 Å². The van der Waals surface area contributed by atoms with Crippen molar-refractivity contribution in [2.75, 3.05) is 26.7 Å². The SMILES string of the molecule is CNC(=O)c1sc2ncccc2c1[C@@H]1CN(Cc2cnc(C)s2)CCO1. The maximum Gasteiger partial charge on any atom is 0.261 e. The maximum atomic E-state index is 12.4. The molecule has 0 aliphatic carbocycles. The van der Waals surface area contributed by atoms with E-state index in [1.54, 1.807) is 24.6 Å². The summed E-state index contributed by atoms with van der Waals surface area (Å²) in [5, 5.41) is 4.84. The lowest BCUT2D eigenvalue weighted by Crippen LogP contribution is -2.38. The van der Waals surface area contributed by atoms with E-state index in [1.165, 1.54) is 16.2 Å². The monoisotopic (exact) mass is 388 g/mol. The van der Waals surface area contributed by atoms with Gasteiger partial charge in [0.05, 0.1) is 17.7 Å². The van der Waals surface area contributed by atoms with Crippen molar-refractivity contribution >= 4 is 38.8 Å². The third kappa shape index (κ3) is 3.37. The molecule has 0 bridgehead atoms. The summed E-state index contributed by atoms with van der Waals surface area (Å²) >= 11 is 3.16. The zero-order valence-electron chi connectivity index (χ0n) is 14.7. The van der Waals surface area contributed by atoms with Gasteiger partial charge < -0.3 is 10.1 Å². The van der Waals surface area contributed by atoms with Crippen molar-refractivity contribution in [1.29, 1.82) is 0 Å². The van der Waals surface area contributed by atoms with Crippen LogP contribution in [0.1, 0.15) is 31.2 Å². The number of pyridine rings is 1. The average molecular weight is 389 g/mol. The molecule has 6 nitrogen and oxygen atoms in total. The molecule has 3 aromatic rings. The van der Waals surface area contributed by atoms with E-state index in [0.29, 0.717) is 11.5 Å². The average Bonchev–Trinajstić information content (AvgIpc) is 3.24. The first-order valence-electron chi connectivity index (χ1n) is 8.50. The predicted molar refractivity (Wildman–Crippen MR) is 104 cm³/mol. The van der Waals surface area contributed by atoms with Gasteiger partial charge in [-0.05, 0) is 13.0 Å². The number of hydrogen-bond acceptors (Lipinski definition) is 7. The van der Waals surface area contributed by atoms with Gasteiger partial charge in [-0.3, -0.25) is 9.69 Å². The summed E-state index contributed by atoms with van der Waals surface area (Å²) in [7, 11) is 1.66. The molecule has 1 saturated heterocycles. The van der Waals surface area contributed by atoms with Crippen molar-refractivity contribution in [3.05, 3.63) is 44.9 Å². The molecule has 1 aliphatic rings. The normalized spacial score (nSPS) is 18.3. The first-order valence-corrected chi connectivity index (χ1v) is 10.1. The number of nitrogens with zero attached hydrogens (tertiary/aromatic N) is 3. The summed E-state index contributed by atoms with van der Waals surface area (Å²) in [4.78, 5) is 26.4. The summed E-state index contributed by atoms with van der Waals surface area (Å²) in [5.41, 5.74) is 0.961. The lowest BCUT2D eigenvalue weighted by Gasteiger charge is -2.33. The van der Waals surface area contributed by atoms with Gasteiger partial charge >= 0.3 is 0 Å². The fraction of sp³-hybridized carbons (Fsp3) is 0.389. The molecule has 26 heavy (non-hydrogen) atoms. The first-order chi connectivity index (χ1) is 12.7. The number of fused-ring (bicyclic) bond motifs is 1. The standard InChI is InChI=1S/C18H20N4O2S2/c1-11-21-8-12(25-11)9-22-6-7-24-14(10-22)15-13-4-3-5-20-18(13)26-16(15)17(23)19-2/h3-5,8,14H,6-7,9-10H2,1-2H3,(H,19,23)/t14-/m0/s1. The smallest absolute Gasteiger partial charge is 0.261 e. The van der Waals surface area contributed by atoms with Crippen LogP contribution in [0, 0.1) is 6.92 Å². The number of carbonyl (C=O) groups excluding carboxylic acids is 1. The summed E-state index contributed by atoms with van der Waals surface area (Å²) in [6.45, 7) is 5.16. The summed E-state index contributed by atoms with van der Waals surface area (Å²) in [5.74, 6) is -0.0817. The summed E-state index contributed by atoms with van der Waals surface area (Å²) in [6, 6.07) is 3.93. The third-order valence-electron chi connectivity index (χ3n) is 4.46. The second-order valence-corrected chi connectivity index (χ2v) is 8.54. The molecule has 3 aromatic heterocycles. The minimum atomic E-state index is -0.136. The highest BCUT2D eigenvalue weighted by Crippen LogP contribution is 2.37. The number of hydrogen-bond donors (Lipinski definition) is 1. The Morgan fingerprint density at radius 2 is 2.31 bits per heavy atom. The van der Waals surface area contributed by atoms with Crippen molar-refractivity contribution in [2.45, 2.75) is 19.6 Å². The van der Waals surface area contributed by atoms with E-state index < -0.39 is 0 Å². The van der Waals surface area contributed by atoms with Gasteiger partial charge in [-0.1, -0.05) is 6.07 Å². The van der Waals surface area contributed by atoms with Crippen LogP contribution in [0.3, 0.4) is 0 Å². The summed E-state index contributed by atoms with van der Waals surface area (Å²) < 4.78 is 6.08. The van der Waals surface area contributed by atoms with Gasteiger partial charge in [0, 0.05) is 54.9 Å². The van der Waals surface area contributed by atoms with Crippen molar-refractivity contribution < 1.29 is 9.53 Å². The van der Waals surface area contributed by atoms with Crippen molar-refractivity contribution in [3.63, 3.8) is 0 Å². The van der Waals surface area contributed by atoms with Crippen LogP contribution >= 0.6 is 22.7 Å². The van der Waals surface area contributed by atoms with E-state index >= 15 is 0 Å². The van der Waals surface area contributed by atoms with Crippen LogP contribution in [0.15, 0.2) is 24.5 Å². The number of nitrogens with one attached hydrogen (secondary N) is 1. The van der Waals surface area contributed by atoms with Crippen molar-refractivity contribution in [2.24, 2.45) is 0 Å². The number of rotatable bonds is 4. The molecule has 1 N–H and O–H groups in total. The molecule has 1 aliphatic heterocycles. The Kier molecular flexibility index (Phi) is 4.99. The van der Waals surface area contributed by atoms with Crippen LogP contribution < -0.4 is 5.32 Å². The Hall–Kier alpha value is -1.87. The number of morpholine rings is 1. The molecular formula is C18H20N4O2S2. The van der Waals surface area contributed by atoms with Gasteiger partial charge in [0.2, 0.25) is 0 Å². The molecule has 1 atom stereocenters. The zero-order valence-corrected chi connectivity index (χ0v) is 16.3. The Labute approximate surface area is 159 Å². The van der Waals surface area contributed by atoms with Crippen molar-refractivity contribution in [3.8, 4) is 0 Å². The zero-order chi connectivity index (χ0) is 18.1. The number of thiazole rings is 1. The van der Waals surface area contributed by atoms with Crippen LogP contribution in [0.5, 0.6) is 0 Å². The van der Waals surface area contributed by atoms with E-state index in [2.05, 4.69) is 20.2 Å². The Bertz CT molecular complexity index is 936. The highest BCUT2D eigenvalue weighted by atomic mass is 32.1. The highest BCUT2D eigenvalue weighted by molar-refractivity contribution is 7.20. The Morgan fingerprint density at radius 1 is 1.42 bits per heavy atom. The second-order valence-electron chi connectivity index (χ2n) is 6.22. The van der Waals surface area contributed by atoms with Crippen molar-refractivity contribution in [1.82, 2.24) is 20.2 Å². The predicted octanol–water partition coefficient (Wildman–Crippen LogP) is 2.99. The summed E-state index contributed by atoms with van der Waals surface area (Å²) in [6.07, 6.45) is 3.57. The van der Waals surface area contributed by atoms with Gasteiger partial charge in [-0.15, -0.1) is 22.7 Å². The van der Waals surface area contributed by atoms with Crippen LogP contribution in [0.2, 0.25) is 0 Å². The van der Waals surface area contributed by atoms with Gasteiger partial charge in [0.25, 0.3) is 5.91 Å². The number of ether oxygens (including phenoxy) is 1. The highest BCUT2D eigenvalue weighted by Gasteiger charge is 2.30. The topological polar surface area (TPSA) is 67.4 Å². The maximum absolute atomic E-state index is 12.4. The number of aryl methyl sites for hydroxylation is 1. The van der Waals surface area contributed by atoms with E-state index in [0.717, 1.165) is 40.4 Å². The van der Waals surface area contributed by atoms with E-state index in [9.17, 15) is 4.79 Å². The van der Waals surface area contributed by atoms with Gasteiger partial charge in [-0.2, -0.15) is 0 Å². The molecule has 1 fully saturated rings. The fourth-order valence-corrected chi connectivity index (χ4v) is 5.25. The molecule has 8 heteroatoms. The van der Waals surface area contributed by atoms with Crippen LogP contribution in [0.4, 0.5) is 0 Å². The lowest BCUT2D eigenvalue weighted by molar-refractivity contribution is -0.0320. The quantitative estimate of drug-likeness (QED) is 0.744. The molecule has 0 spiro atoms. The van der Waals surface area contributed by atoms with E-state index in [4.69, 9.17) is 4.74 Å². The molecule has 4 rings (SSSR count).